The predicted octanol–water partition coefficient (Wildman–Crippen LogP) is 3.64. The smallest absolute Gasteiger partial charge is 0.291 e. The predicted molar refractivity (Wildman–Crippen MR) is 104 cm³/mol. The van der Waals surface area contributed by atoms with Crippen molar-refractivity contribution >= 4 is 17.5 Å². The van der Waals surface area contributed by atoms with E-state index in [9.17, 15) is 9.59 Å². The Hall–Kier alpha value is -3.61. The molecule has 0 saturated heterocycles. The lowest BCUT2D eigenvalue weighted by molar-refractivity contribution is 0.0950. The lowest BCUT2D eigenvalue weighted by Crippen LogP contribution is -2.22. The Morgan fingerprint density at radius 3 is 2.46 bits per heavy atom. The second-order valence-corrected chi connectivity index (χ2v) is 6.36. The van der Waals surface area contributed by atoms with Crippen LogP contribution in [0.1, 0.15) is 40.3 Å². The summed E-state index contributed by atoms with van der Waals surface area (Å²) in [6.07, 6.45) is 3.17. The number of carbonyl (C=O) groups excluding carboxylic acids is 2. The number of pyridine rings is 1. The molecule has 0 aliphatic heterocycles. The first-order chi connectivity index (χ1) is 13.5. The van der Waals surface area contributed by atoms with Crippen LogP contribution in [0, 0.1) is 0 Å². The van der Waals surface area contributed by atoms with Crippen LogP contribution in [0.25, 0.3) is 0 Å². The number of furan rings is 1. The normalized spacial score (nSPS) is 10.5. The number of hydrogen-bond donors (Lipinski definition) is 2. The van der Waals surface area contributed by atoms with Crippen LogP contribution in [0.4, 0.5) is 5.69 Å². The van der Waals surface area contributed by atoms with Gasteiger partial charge in [-0.1, -0.05) is 6.07 Å². The van der Waals surface area contributed by atoms with Gasteiger partial charge in [-0.3, -0.25) is 9.59 Å². The van der Waals surface area contributed by atoms with Crippen LogP contribution in [0.15, 0.2) is 65.4 Å². The number of amides is 2. The zero-order valence-electron chi connectivity index (χ0n) is 15.6. The topological polar surface area (TPSA) is 93.5 Å². The molecule has 144 valence electrons. The molecule has 7 nitrogen and oxygen atoms in total. The van der Waals surface area contributed by atoms with Crippen molar-refractivity contribution in [3.05, 3.63) is 77.9 Å². The van der Waals surface area contributed by atoms with Crippen LogP contribution in [0.2, 0.25) is 0 Å². The van der Waals surface area contributed by atoms with Gasteiger partial charge in [0.2, 0.25) is 5.88 Å². The lowest BCUT2D eigenvalue weighted by atomic mass is 10.2. The molecule has 0 aliphatic rings. The van der Waals surface area contributed by atoms with Crippen molar-refractivity contribution in [2.24, 2.45) is 0 Å². The molecule has 0 spiro atoms. The minimum atomic E-state index is -0.348. The molecule has 1 aromatic carbocycles. The molecule has 3 rings (SSSR count). The fourth-order valence-electron chi connectivity index (χ4n) is 2.42. The van der Waals surface area contributed by atoms with E-state index in [0.717, 1.165) is 5.56 Å². The van der Waals surface area contributed by atoms with Gasteiger partial charge in [0.1, 0.15) is 0 Å². The van der Waals surface area contributed by atoms with E-state index < -0.39 is 0 Å². The van der Waals surface area contributed by atoms with Crippen molar-refractivity contribution in [2.75, 3.05) is 5.32 Å². The van der Waals surface area contributed by atoms with Crippen LogP contribution in [-0.2, 0) is 6.54 Å². The fraction of sp³-hybridized carbons (Fsp3) is 0.190. The molecule has 0 bridgehead atoms. The number of carbonyl (C=O) groups is 2. The van der Waals surface area contributed by atoms with Gasteiger partial charge in [-0.05, 0) is 55.8 Å². The first kappa shape index (κ1) is 19.2. The van der Waals surface area contributed by atoms with Crippen molar-refractivity contribution in [2.45, 2.75) is 26.5 Å². The molecule has 0 atom stereocenters. The number of aromatic nitrogens is 1. The zero-order chi connectivity index (χ0) is 19.9. The van der Waals surface area contributed by atoms with Crippen LogP contribution in [-0.4, -0.2) is 22.9 Å². The molecule has 28 heavy (non-hydrogen) atoms. The Balaban J connectivity index is 1.52. The molecule has 2 amide bonds. The van der Waals surface area contributed by atoms with E-state index in [2.05, 4.69) is 15.6 Å². The van der Waals surface area contributed by atoms with Crippen molar-refractivity contribution in [3.63, 3.8) is 0 Å². The second-order valence-electron chi connectivity index (χ2n) is 6.36. The summed E-state index contributed by atoms with van der Waals surface area (Å²) >= 11 is 0. The van der Waals surface area contributed by atoms with E-state index >= 15 is 0 Å². The maximum absolute atomic E-state index is 12.3. The van der Waals surface area contributed by atoms with Gasteiger partial charge in [0, 0.05) is 30.1 Å². The number of hydrogen-bond acceptors (Lipinski definition) is 5. The molecule has 2 N–H and O–H groups in total. The van der Waals surface area contributed by atoms with Crippen molar-refractivity contribution in [3.8, 4) is 5.88 Å². The highest BCUT2D eigenvalue weighted by Crippen LogP contribution is 2.13. The van der Waals surface area contributed by atoms with E-state index in [1.807, 2.05) is 19.9 Å². The summed E-state index contributed by atoms with van der Waals surface area (Å²) < 4.78 is 10.5. The van der Waals surface area contributed by atoms with Crippen molar-refractivity contribution < 1.29 is 18.7 Å². The Kier molecular flexibility index (Phi) is 6.06. The molecule has 0 fully saturated rings. The van der Waals surface area contributed by atoms with Gasteiger partial charge in [0.15, 0.2) is 5.76 Å². The SMILES string of the molecule is CC(C)Oc1ccc(CNC(=O)c2ccc(NC(=O)c3ccco3)cc2)cn1. The third-order valence-electron chi connectivity index (χ3n) is 3.76. The molecule has 3 aromatic rings. The Labute approximate surface area is 162 Å². The molecular weight excluding hydrogens is 358 g/mol. The van der Waals surface area contributed by atoms with E-state index in [-0.39, 0.29) is 23.7 Å². The van der Waals surface area contributed by atoms with Gasteiger partial charge in [0.25, 0.3) is 11.8 Å². The fourth-order valence-corrected chi connectivity index (χ4v) is 2.42. The summed E-state index contributed by atoms with van der Waals surface area (Å²) in [5.74, 6) is 0.212. The quantitative estimate of drug-likeness (QED) is 0.654. The number of nitrogens with one attached hydrogen (secondary N) is 2. The van der Waals surface area contributed by atoms with E-state index in [1.54, 1.807) is 48.7 Å². The Bertz CT molecular complexity index is 917. The van der Waals surface area contributed by atoms with Crippen LogP contribution >= 0.6 is 0 Å². The third kappa shape index (κ3) is 5.20. The van der Waals surface area contributed by atoms with Gasteiger partial charge in [0.05, 0.1) is 12.4 Å². The standard InChI is InChI=1S/C21H21N3O4/c1-14(2)28-19-10-5-15(12-22-19)13-23-20(25)16-6-8-17(9-7-16)24-21(26)18-4-3-11-27-18/h3-12,14H,13H2,1-2H3,(H,23,25)(H,24,26). The molecular formula is C21H21N3O4. The summed E-state index contributed by atoms with van der Waals surface area (Å²) in [4.78, 5) is 28.4. The first-order valence-corrected chi connectivity index (χ1v) is 8.86. The molecule has 0 unspecified atom stereocenters. The van der Waals surface area contributed by atoms with E-state index in [4.69, 9.17) is 9.15 Å². The van der Waals surface area contributed by atoms with Crippen LogP contribution in [0.5, 0.6) is 5.88 Å². The number of nitrogens with zero attached hydrogens (tertiary/aromatic N) is 1. The van der Waals surface area contributed by atoms with Crippen molar-refractivity contribution in [1.82, 2.24) is 10.3 Å². The minimum Gasteiger partial charge on any atom is -0.475 e. The van der Waals surface area contributed by atoms with Crippen LogP contribution < -0.4 is 15.4 Å². The first-order valence-electron chi connectivity index (χ1n) is 8.86. The number of benzene rings is 1. The summed E-state index contributed by atoms with van der Waals surface area (Å²) in [5, 5.41) is 5.54. The Morgan fingerprint density at radius 1 is 1.07 bits per heavy atom. The summed E-state index contributed by atoms with van der Waals surface area (Å²) in [7, 11) is 0. The van der Waals surface area contributed by atoms with E-state index in [0.29, 0.717) is 23.7 Å². The lowest BCUT2D eigenvalue weighted by Gasteiger charge is -2.10. The highest BCUT2D eigenvalue weighted by molar-refractivity contribution is 6.02. The number of rotatable bonds is 7. The molecule has 2 aromatic heterocycles. The molecule has 2 heterocycles. The summed E-state index contributed by atoms with van der Waals surface area (Å²) in [6.45, 7) is 4.22. The summed E-state index contributed by atoms with van der Waals surface area (Å²) in [5.41, 5.74) is 1.93. The third-order valence-corrected chi connectivity index (χ3v) is 3.76. The van der Waals surface area contributed by atoms with Crippen LogP contribution in [0.3, 0.4) is 0 Å². The highest BCUT2D eigenvalue weighted by atomic mass is 16.5. The molecule has 0 radical (unpaired) electrons. The van der Waals surface area contributed by atoms with Gasteiger partial charge in [-0.2, -0.15) is 0 Å². The highest BCUT2D eigenvalue weighted by Gasteiger charge is 2.10. The monoisotopic (exact) mass is 379 g/mol. The molecule has 0 saturated carbocycles. The average molecular weight is 379 g/mol. The second kappa shape index (κ2) is 8.85. The maximum atomic E-state index is 12.3. The Morgan fingerprint density at radius 2 is 1.86 bits per heavy atom. The zero-order valence-corrected chi connectivity index (χ0v) is 15.6. The number of ether oxygens (including phenoxy) is 1. The largest absolute Gasteiger partial charge is 0.475 e. The average Bonchev–Trinajstić information content (AvgIpc) is 3.22. The molecule has 7 heteroatoms. The van der Waals surface area contributed by atoms with E-state index in [1.165, 1.54) is 6.26 Å². The minimum absolute atomic E-state index is 0.0601. The van der Waals surface area contributed by atoms with Gasteiger partial charge in [-0.15, -0.1) is 0 Å². The van der Waals surface area contributed by atoms with Gasteiger partial charge >= 0.3 is 0 Å². The van der Waals surface area contributed by atoms with Gasteiger partial charge in [-0.25, -0.2) is 4.98 Å². The van der Waals surface area contributed by atoms with Gasteiger partial charge < -0.3 is 19.8 Å². The molecule has 0 aliphatic carbocycles. The maximum Gasteiger partial charge on any atom is 0.291 e. The van der Waals surface area contributed by atoms with Crippen molar-refractivity contribution in [1.29, 1.82) is 0 Å². The number of anilines is 1. The summed E-state index contributed by atoms with van der Waals surface area (Å²) in [6, 6.07) is 13.5.